The highest BCUT2D eigenvalue weighted by atomic mass is 16.2. The number of carbonyl (C=O) groups is 1. The van der Waals surface area contributed by atoms with E-state index in [2.05, 4.69) is 41.7 Å². The first-order valence-corrected chi connectivity index (χ1v) is 8.58. The maximum Gasteiger partial charge on any atom is 0.227 e. The quantitative estimate of drug-likeness (QED) is 0.847. The Balaban J connectivity index is 1.28. The van der Waals surface area contributed by atoms with Gasteiger partial charge >= 0.3 is 0 Å². The van der Waals surface area contributed by atoms with E-state index in [9.17, 15) is 4.79 Å². The number of rotatable bonds is 5. The number of hydrogen-bond acceptors (Lipinski definition) is 2. The molecule has 3 aliphatic rings. The molecule has 4 rings (SSSR count). The average Bonchev–Trinajstić information content (AvgIpc) is 3.25. The number of fused-ring (bicyclic) bond motifs is 2. The smallest absolute Gasteiger partial charge is 0.227 e. The summed E-state index contributed by atoms with van der Waals surface area (Å²) < 4.78 is 0. The number of amides is 1. The van der Waals surface area contributed by atoms with Gasteiger partial charge < -0.3 is 10.2 Å². The monoisotopic (exact) mass is 296 g/mol. The van der Waals surface area contributed by atoms with E-state index in [1.807, 2.05) is 4.90 Å². The summed E-state index contributed by atoms with van der Waals surface area (Å²) >= 11 is 0. The van der Waals surface area contributed by atoms with Gasteiger partial charge in [0.15, 0.2) is 0 Å². The summed E-state index contributed by atoms with van der Waals surface area (Å²) in [7, 11) is 0. The highest BCUT2D eigenvalue weighted by molar-refractivity contribution is 5.95. The van der Waals surface area contributed by atoms with Gasteiger partial charge in [-0.3, -0.25) is 4.79 Å². The van der Waals surface area contributed by atoms with Crippen molar-refractivity contribution in [2.45, 2.75) is 32.2 Å². The van der Waals surface area contributed by atoms with Crippen LogP contribution in [0.25, 0.3) is 0 Å². The van der Waals surface area contributed by atoms with Gasteiger partial charge in [0.2, 0.25) is 5.91 Å². The van der Waals surface area contributed by atoms with Crippen LogP contribution >= 0.6 is 0 Å². The van der Waals surface area contributed by atoms with Crippen molar-refractivity contribution in [2.24, 2.45) is 17.8 Å². The van der Waals surface area contributed by atoms with Crippen molar-refractivity contribution >= 4 is 11.6 Å². The molecule has 1 aromatic carbocycles. The van der Waals surface area contributed by atoms with E-state index in [0.717, 1.165) is 49.5 Å². The molecule has 116 valence electrons. The lowest BCUT2D eigenvalue weighted by Gasteiger charge is -2.19. The fourth-order valence-electron chi connectivity index (χ4n) is 4.25. The van der Waals surface area contributed by atoms with Gasteiger partial charge in [0, 0.05) is 25.2 Å². The van der Waals surface area contributed by atoms with Gasteiger partial charge in [-0.2, -0.15) is 0 Å². The van der Waals surface area contributed by atoms with Crippen LogP contribution in [0.2, 0.25) is 0 Å². The van der Waals surface area contributed by atoms with E-state index in [1.54, 1.807) is 0 Å². The van der Waals surface area contributed by atoms with Crippen LogP contribution in [-0.2, 0) is 11.3 Å². The van der Waals surface area contributed by atoms with Gasteiger partial charge in [-0.15, -0.1) is 0 Å². The molecule has 0 aromatic heterocycles. The Kier molecular flexibility index (Phi) is 3.75. The van der Waals surface area contributed by atoms with E-state index in [4.69, 9.17) is 0 Å². The number of carbonyl (C=O) groups excluding carboxylic acids is 1. The van der Waals surface area contributed by atoms with Crippen LogP contribution in [0.4, 0.5) is 5.69 Å². The summed E-state index contributed by atoms with van der Waals surface area (Å²) in [6, 6.07) is 8.46. The molecular formula is C19H24N2O. The summed E-state index contributed by atoms with van der Waals surface area (Å²) in [5.74, 6) is 2.77. The van der Waals surface area contributed by atoms with Crippen LogP contribution in [0, 0.1) is 17.8 Å². The lowest BCUT2D eigenvalue weighted by atomic mass is 9.93. The second kappa shape index (κ2) is 5.88. The zero-order valence-electron chi connectivity index (χ0n) is 13.0. The summed E-state index contributed by atoms with van der Waals surface area (Å²) in [6.45, 7) is 2.91. The molecule has 0 radical (unpaired) electrons. The molecule has 22 heavy (non-hydrogen) atoms. The molecule has 2 aliphatic carbocycles. The molecule has 3 nitrogen and oxygen atoms in total. The Morgan fingerprint density at radius 1 is 1.14 bits per heavy atom. The average molecular weight is 296 g/mol. The molecule has 1 saturated heterocycles. The fourth-order valence-corrected chi connectivity index (χ4v) is 4.25. The van der Waals surface area contributed by atoms with Crippen molar-refractivity contribution in [1.29, 1.82) is 0 Å². The maximum absolute atomic E-state index is 11.7. The Morgan fingerprint density at radius 2 is 2.00 bits per heavy atom. The summed E-state index contributed by atoms with van der Waals surface area (Å²) in [5, 5.41) is 3.61. The van der Waals surface area contributed by atoms with E-state index in [0.29, 0.717) is 6.42 Å². The number of benzene rings is 1. The van der Waals surface area contributed by atoms with Crippen molar-refractivity contribution in [3.63, 3.8) is 0 Å². The SMILES string of the molecule is O=C1CCCN1c1ccc(CNCC2CC3C=CC2C3)cc1. The Morgan fingerprint density at radius 3 is 2.64 bits per heavy atom. The maximum atomic E-state index is 11.7. The molecule has 1 aromatic rings. The van der Waals surface area contributed by atoms with Crippen LogP contribution < -0.4 is 10.2 Å². The zero-order chi connectivity index (χ0) is 14.9. The largest absolute Gasteiger partial charge is 0.312 e. The van der Waals surface area contributed by atoms with Gasteiger partial charge in [0.05, 0.1) is 0 Å². The van der Waals surface area contributed by atoms with Gasteiger partial charge in [-0.1, -0.05) is 24.3 Å². The standard InChI is InChI=1S/C19H24N2O/c22-19-2-1-9-21(19)18-7-4-14(5-8-18)12-20-13-17-11-15-3-6-16(17)10-15/h3-8,15-17,20H,1-2,9-13H2. The number of hydrogen-bond donors (Lipinski definition) is 1. The van der Waals surface area contributed by atoms with Crippen molar-refractivity contribution in [3.05, 3.63) is 42.0 Å². The molecule has 2 bridgehead atoms. The third kappa shape index (κ3) is 2.70. The topological polar surface area (TPSA) is 32.3 Å². The van der Waals surface area contributed by atoms with Gasteiger partial charge in [-0.25, -0.2) is 0 Å². The summed E-state index contributed by atoms with van der Waals surface area (Å²) in [4.78, 5) is 13.7. The number of nitrogens with zero attached hydrogens (tertiary/aromatic N) is 1. The van der Waals surface area contributed by atoms with Crippen LogP contribution in [-0.4, -0.2) is 19.0 Å². The molecule has 1 amide bonds. The predicted molar refractivity (Wildman–Crippen MR) is 88.6 cm³/mol. The first-order valence-electron chi connectivity index (χ1n) is 8.58. The second-order valence-corrected chi connectivity index (χ2v) is 6.99. The highest BCUT2D eigenvalue weighted by Gasteiger charge is 2.34. The van der Waals surface area contributed by atoms with Gasteiger partial charge in [-0.05, 0) is 61.3 Å². The molecular weight excluding hydrogens is 272 g/mol. The molecule has 3 heteroatoms. The highest BCUT2D eigenvalue weighted by Crippen LogP contribution is 2.42. The number of allylic oxidation sites excluding steroid dienone is 2. The van der Waals surface area contributed by atoms with Crippen molar-refractivity contribution in [3.8, 4) is 0 Å². The zero-order valence-corrected chi connectivity index (χ0v) is 13.0. The first kappa shape index (κ1) is 14.0. The number of anilines is 1. The Bertz CT molecular complexity index is 578. The van der Waals surface area contributed by atoms with Crippen LogP contribution in [0.3, 0.4) is 0 Å². The normalized spacial score (nSPS) is 29.7. The van der Waals surface area contributed by atoms with E-state index >= 15 is 0 Å². The summed E-state index contributed by atoms with van der Waals surface area (Å²) in [6.07, 6.45) is 9.25. The molecule has 1 N–H and O–H groups in total. The Labute approximate surface area is 132 Å². The Hall–Kier alpha value is -1.61. The molecule has 3 atom stereocenters. The molecule has 1 aliphatic heterocycles. The third-order valence-corrected chi connectivity index (χ3v) is 5.47. The van der Waals surface area contributed by atoms with E-state index in [-0.39, 0.29) is 5.91 Å². The van der Waals surface area contributed by atoms with Gasteiger partial charge in [0.25, 0.3) is 0 Å². The molecule has 1 heterocycles. The first-order chi connectivity index (χ1) is 10.8. The van der Waals surface area contributed by atoms with Crippen LogP contribution in [0.1, 0.15) is 31.2 Å². The molecule has 2 fully saturated rings. The van der Waals surface area contributed by atoms with E-state index in [1.165, 1.54) is 18.4 Å². The van der Waals surface area contributed by atoms with Gasteiger partial charge in [0.1, 0.15) is 0 Å². The lowest BCUT2D eigenvalue weighted by molar-refractivity contribution is -0.117. The third-order valence-electron chi connectivity index (χ3n) is 5.47. The molecule has 0 spiro atoms. The van der Waals surface area contributed by atoms with Crippen LogP contribution in [0.5, 0.6) is 0 Å². The summed E-state index contributed by atoms with van der Waals surface area (Å²) in [5.41, 5.74) is 2.35. The minimum atomic E-state index is 0.259. The molecule has 3 unspecified atom stereocenters. The minimum Gasteiger partial charge on any atom is -0.312 e. The predicted octanol–water partition coefficient (Wildman–Crippen LogP) is 3.12. The van der Waals surface area contributed by atoms with Crippen molar-refractivity contribution in [1.82, 2.24) is 5.32 Å². The fraction of sp³-hybridized carbons (Fsp3) is 0.526. The minimum absolute atomic E-state index is 0.259. The number of nitrogens with one attached hydrogen (secondary N) is 1. The van der Waals surface area contributed by atoms with Crippen molar-refractivity contribution < 1.29 is 4.79 Å². The lowest BCUT2D eigenvalue weighted by Crippen LogP contribution is -2.25. The van der Waals surface area contributed by atoms with Crippen molar-refractivity contribution in [2.75, 3.05) is 18.0 Å². The van der Waals surface area contributed by atoms with Crippen LogP contribution in [0.15, 0.2) is 36.4 Å². The second-order valence-electron chi connectivity index (χ2n) is 6.99. The van der Waals surface area contributed by atoms with E-state index < -0.39 is 0 Å². The molecule has 1 saturated carbocycles.